The van der Waals surface area contributed by atoms with Gasteiger partial charge in [-0.05, 0) is 36.2 Å². The van der Waals surface area contributed by atoms with Crippen LogP contribution in [0.2, 0.25) is 5.02 Å². The third-order valence-electron chi connectivity index (χ3n) is 3.75. The van der Waals surface area contributed by atoms with Crippen LogP contribution in [0, 0.1) is 6.92 Å². The number of methoxy groups -OCH3 is 1. The van der Waals surface area contributed by atoms with Gasteiger partial charge in [0.2, 0.25) is 0 Å². The average molecular weight is 406 g/mol. The number of aryl methyl sites for hydroxylation is 1. The third kappa shape index (κ3) is 5.88. The Hall–Kier alpha value is -3.26. The number of nitrogens with one attached hydrogen (secondary N) is 2. The molecule has 8 nitrogen and oxygen atoms in total. The van der Waals surface area contributed by atoms with E-state index in [0.717, 1.165) is 11.1 Å². The number of halogens is 1. The summed E-state index contributed by atoms with van der Waals surface area (Å²) >= 11 is 6.03. The molecule has 0 aliphatic rings. The lowest BCUT2D eigenvalue weighted by atomic mass is 10.1. The minimum atomic E-state index is -0.649. The monoisotopic (exact) mass is 405 g/mol. The first kappa shape index (κ1) is 21.0. The Morgan fingerprint density at radius 1 is 1.14 bits per heavy atom. The van der Waals surface area contributed by atoms with Crippen LogP contribution in [0.15, 0.2) is 36.4 Å². The van der Waals surface area contributed by atoms with E-state index >= 15 is 0 Å². The fourth-order valence-electron chi connectivity index (χ4n) is 2.28. The summed E-state index contributed by atoms with van der Waals surface area (Å²) in [7, 11) is 1.46. The first-order valence-electron chi connectivity index (χ1n) is 8.23. The molecule has 0 saturated carbocycles. The number of anilines is 1. The summed E-state index contributed by atoms with van der Waals surface area (Å²) in [5.41, 5.74) is 7.23. The van der Waals surface area contributed by atoms with E-state index in [4.69, 9.17) is 26.8 Å². The second-order valence-electron chi connectivity index (χ2n) is 5.84. The van der Waals surface area contributed by atoms with Crippen LogP contribution in [0.3, 0.4) is 0 Å². The number of ether oxygens (including phenoxy) is 2. The van der Waals surface area contributed by atoms with E-state index < -0.39 is 24.5 Å². The molecule has 2 aromatic carbocycles. The summed E-state index contributed by atoms with van der Waals surface area (Å²) in [6.07, 6.45) is 0. The number of amides is 3. The summed E-state index contributed by atoms with van der Waals surface area (Å²) in [4.78, 5) is 34.8. The van der Waals surface area contributed by atoms with Crippen molar-refractivity contribution in [1.29, 1.82) is 0 Å². The molecule has 0 spiro atoms. The molecular weight excluding hydrogens is 386 g/mol. The molecule has 0 aliphatic heterocycles. The van der Waals surface area contributed by atoms with E-state index in [1.54, 1.807) is 31.2 Å². The number of hydrogen-bond donors (Lipinski definition) is 3. The van der Waals surface area contributed by atoms with Crippen LogP contribution < -0.4 is 21.1 Å². The molecule has 2 rings (SSSR count). The lowest BCUT2D eigenvalue weighted by molar-refractivity contribution is -0.119. The van der Waals surface area contributed by atoms with Crippen LogP contribution in [-0.4, -0.2) is 31.6 Å². The van der Waals surface area contributed by atoms with Crippen molar-refractivity contribution in [2.45, 2.75) is 13.5 Å². The quantitative estimate of drug-likeness (QED) is 0.611. The van der Waals surface area contributed by atoms with Gasteiger partial charge in [-0.1, -0.05) is 23.7 Å². The highest BCUT2D eigenvalue weighted by atomic mass is 35.5. The lowest BCUT2D eigenvalue weighted by Crippen LogP contribution is -2.28. The number of carbonyl (C=O) groups excluding carboxylic acids is 3. The number of esters is 1. The highest BCUT2D eigenvalue weighted by molar-refractivity contribution is 6.31. The summed E-state index contributed by atoms with van der Waals surface area (Å²) in [5, 5.41) is 5.57. The second kappa shape index (κ2) is 9.61. The van der Waals surface area contributed by atoms with Crippen LogP contribution in [0.25, 0.3) is 0 Å². The van der Waals surface area contributed by atoms with Crippen LogP contribution in [0.5, 0.6) is 5.75 Å². The minimum Gasteiger partial charge on any atom is -0.495 e. The molecular formula is C19H20ClN3O5. The summed E-state index contributed by atoms with van der Waals surface area (Å²) in [6, 6.07) is 8.98. The molecule has 0 radical (unpaired) electrons. The van der Waals surface area contributed by atoms with Crippen molar-refractivity contribution in [3.8, 4) is 5.75 Å². The third-order valence-corrected chi connectivity index (χ3v) is 4.15. The van der Waals surface area contributed by atoms with E-state index in [0.29, 0.717) is 16.5 Å². The zero-order valence-corrected chi connectivity index (χ0v) is 16.1. The molecule has 0 aromatic heterocycles. The fourth-order valence-corrected chi connectivity index (χ4v) is 2.43. The Labute approximate surface area is 166 Å². The minimum absolute atomic E-state index is 0.245. The van der Waals surface area contributed by atoms with Crippen molar-refractivity contribution in [2.24, 2.45) is 5.73 Å². The standard InChI is InChI=1S/C19H20ClN3O5/c1-11-7-15(16(27-2)8-14(11)20)23-17(24)10-28-18(25)13-5-3-12(4-6-13)9-22-19(21)26/h3-8H,9-10H2,1-2H3,(H,23,24)(H3,21,22,26). The van der Waals surface area contributed by atoms with Crippen molar-refractivity contribution in [3.63, 3.8) is 0 Å². The first-order valence-corrected chi connectivity index (χ1v) is 8.61. The number of nitrogens with two attached hydrogens (primary N) is 1. The van der Waals surface area contributed by atoms with Crippen LogP contribution >= 0.6 is 11.6 Å². The van der Waals surface area contributed by atoms with Gasteiger partial charge < -0.3 is 25.8 Å². The molecule has 0 saturated heterocycles. The summed E-state index contributed by atoms with van der Waals surface area (Å²) in [6.45, 7) is 1.57. The number of carbonyl (C=O) groups is 3. The van der Waals surface area contributed by atoms with Gasteiger partial charge in [0, 0.05) is 17.6 Å². The van der Waals surface area contributed by atoms with E-state index in [2.05, 4.69) is 10.6 Å². The fraction of sp³-hybridized carbons (Fsp3) is 0.211. The number of rotatable bonds is 7. The Morgan fingerprint density at radius 3 is 2.43 bits per heavy atom. The van der Waals surface area contributed by atoms with Gasteiger partial charge in [0.1, 0.15) is 5.75 Å². The zero-order chi connectivity index (χ0) is 20.7. The first-order chi connectivity index (χ1) is 13.3. The normalized spacial score (nSPS) is 10.1. The lowest BCUT2D eigenvalue weighted by Gasteiger charge is -2.12. The van der Waals surface area contributed by atoms with Crippen molar-refractivity contribution >= 4 is 35.2 Å². The molecule has 4 N–H and O–H groups in total. The topological polar surface area (TPSA) is 120 Å². The van der Waals surface area contributed by atoms with E-state index in [1.807, 2.05) is 0 Å². The molecule has 3 amide bonds. The van der Waals surface area contributed by atoms with Crippen molar-refractivity contribution in [3.05, 3.63) is 58.1 Å². The van der Waals surface area contributed by atoms with Gasteiger partial charge in [0.15, 0.2) is 6.61 Å². The van der Waals surface area contributed by atoms with Gasteiger partial charge in [0.05, 0.1) is 18.4 Å². The number of urea groups is 1. The highest BCUT2D eigenvalue weighted by Gasteiger charge is 2.13. The van der Waals surface area contributed by atoms with Gasteiger partial charge in [0.25, 0.3) is 5.91 Å². The Morgan fingerprint density at radius 2 is 1.82 bits per heavy atom. The van der Waals surface area contributed by atoms with Crippen molar-refractivity contribution < 1.29 is 23.9 Å². The maximum absolute atomic E-state index is 12.1. The zero-order valence-electron chi connectivity index (χ0n) is 15.4. The molecule has 28 heavy (non-hydrogen) atoms. The number of benzene rings is 2. The van der Waals surface area contributed by atoms with E-state index in [9.17, 15) is 14.4 Å². The van der Waals surface area contributed by atoms with E-state index in [1.165, 1.54) is 19.2 Å². The molecule has 148 valence electrons. The second-order valence-corrected chi connectivity index (χ2v) is 6.25. The number of hydrogen-bond acceptors (Lipinski definition) is 5. The van der Waals surface area contributed by atoms with Crippen LogP contribution in [0.4, 0.5) is 10.5 Å². The largest absolute Gasteiger partial charge is 0.495 e. The molecule has 0 heterocycles. The average Bonchev–Trinajstić information content (AvgIpc) is 2.67. The maximum atomic E-state index is 12.1. The SMILES string of the molecule is COc1cc(Cl)c(C)cc1NC(=O)COC(=O)c1ccc(CNC(N)=O)cc1. The van der Waals surface area contributed by atoms with Crippen molar-refractivity contribution in [2.75, 3.05) is 19.0 Å². The Kier molecular flexibility index (Phi) is 7.22. The molecule has 0 unspecified atom stereocenters. The Bertz CT molecular complexity index is 884. The molecule has 9 heteroatoms. The molecule has 0 atom stereocenters. The predicted molar refractivity (Wildman–Crippen MR) is 105 cm³/mol. The van der Waals surface area contributed by atoms with Gasteiger partial charge in [-0.3, -0.25) is 4.79 Å². The van der Waals surface area contributed by atoms with Gasteiger partial charge >= 0.3 is 12.0 Å². The van der Waals surface area contributed by atoms with Crippen LogP contribution in [0.1, 0.15) is 21.5 Å². The van der Waals surface area contributed by atoms with Crippen molar-refractivity contribution in [1.82, 2.24) is 5.32 Å². The molecule has 0 bridgehead atoms. The molecule has 0 aliphatic carbocycles. The highest BCUT2D eigenvalue weighted by Crippen LogP contribution is 2.30. The Balaban J connectivity index is 1.91. The summed E-state index contributed by atoms with van der Waals surface area (Å²) < 4.78 is 10.2. The molecule has 2 aromatic rings. The van der Waals surface area contributed by atoms with Crippen LogP contribution in [-0.2, 0) is 16.1 Å². The van der Waals surface area contributed by atoms with E-state index in [-0.39, 0.29) is 12.1 Å². The molecule has 0 fully saturated rings. The smallest absolute Gasteiger partial charge is 0.338 e. The number of primary amides is 1. The van der Waals surface area contributed by atoms with Gasteiger partial charge in [-0.25, -0.2) is 9.59 Å². The van der Waals surface area contributed by atoms with Gasteiger partial charge in [-0.2, -0.15) is 0 Å². The van der Waals surface area contributed by atoms with Gasteiger partial charge in [-0.15, -0.1) is 0 Å². The maximum Gasteiger partial charge on any atom is 0.338 e. The predicted octanol–water partition coefficient (Wildman–Crippen LogP) is 2.62. The summed E-state index contributed by atoms with van der Waals surface area (Å²) in [5.74, 6) is -0.769.